The van der Waals surface area contributed by atoms with Gasteiger partial charge in [0.2, 0.25) is 0 Å². The van der Waals surface area contributed by atoms with Gasteiger partial charge in [-0.3, -0.25) is 0 Å². The van der Waals surface area contributed by atoms with Crippen molar-refractivity contribution in [2.24, 2.45) is 0 Å². The summed E-state index contributed by atoms with van der Waals surface area (Å²) in [6.45, 7) is 0. The van der Waals surface area contributed by atoms with Gasteiger partial charge >= 0.3 is 0 Å². The molecule has 0 N–H and O–H groups in total. The van der Waals surface area contributed by atoms with Crippen LogP contribution in [0.5, 0.6) is 0 Å². The van der Waals surface area contributed by atoms with Gasteiger partial charge in [-0.1, -0.05) is 72.8 Å². The largest absolute Gasteiger partial charge is 0.158 e. The van der Waals surface area contributed by atoms with Gasteiger partial charge in [-0.25, -0.2) is 0 Å². The molecular formula is C26H24Cl2N2. The maximum Gasteiger partial charge on any atom is 0.0574 e. The van der Waals surface area contributed by atoms with Crippen LogP contribution in [0, 0.1) is 0 Å². The minimum Gasteiger partial charge on any atom is -0.158 e. The van der Waals surface area contributed by atoms with Crippen LogP contribution in [0.3, 0.4) is 0 Å². The predicted molar refractivity (Wildman–Crippen MR) is 132 cm³/mol. The lowest BCUT2D eigenvalue weighted by molar-refractivity contribution is 0.690. The van der Waals surface area contributed by atoms with Crippen molar-refractivity contribution in [3.8, 4) is 0 Å². The standard InChI is InChI=1S/C18H16.C8H6N2.2ClH/c1-3-7-15-13(5-1)9-11-18-16-8-4-2-6-14(16)10-12-17(15)18;1-2-4-8-6-10-9-5-7(8)3-1;;/h1,3,5,7,9-12H,2,4,6,8H2;1-6H;2*1H. The van der Waals surface area contributed by atoms with E-state index in [1.54, 1.807) is 23.5 Å². The van der Waals surface area contributed by atoms with Crippen LogP contribution in [-0.4, -0.2) is 10.2 Å². The first kappa shape index (κ1) is 22.0. The highest BCUT2D eigenvalue weighted by atomic mass is 35.5. The van der Waals surface area contributed by atoms with E-state index in [0.717, 1.165) is 10.8 Å². The zero-order chi connectivity index (χ0) is 18.8. The quantitative estimate of drug-likeness (QED) is 0.238. The molecule has 0 saturated carbocycles. The summed E-state index contributed by atoms with van der Waals surface area (Å²) >= 11 is 0. The van der Waals surface area contributed by atoms with Gasteiger partial charge in [0.1, 0.15) is 0 Å². The van der Waals surface area contributed by atoms with Crippen LogP contribution in [0.4, 0.5) is 0 Å². The number of hydrogen-bond donors (Lipinski definition) is 0. The van der Waals surface area contributed by atoms with Gasteiger partial charge in [0.05, 0.1) is 12.4 Å². The van der Waals surface area contributed by atoms with Crippen molar-refractivity contribution >= 4 is 57.1 Å². The van der Waals surface area contributed by atoms with E-state index in [2.05, 4.69) is 58.7 Å². The van der Waals surface area contributed by atoms with E-state index < -0.39 is 0 Å². The van der Waals surface area contributed by atoms with Crippen molar-refractivity contribution in [3.05, 3.63) is 96.3 Å². The monoisotopic (exact) mass is 434 g/mol. The van der Waals surface area contributed by atoms with Crippen molar-refractivity contribution in [2.75, 3.05) is 0 Å². The molecule has 0 unspecified atom stereocenters. The fourth-order valence-electron chi connectivity index (χ4n) is 4.28. The number of benzene rings is 4. The van der Waals surface area contributed by atoms with Gasteiger partial charge in [0, 0.05) is 10.8 Å². The third-order valence-electron chi connectivity index (χ3n) is 5.71. The summed E-state index contributed by atoms with van der Waals surface area (Å²) in [4.78, 5) is 0. The molecular weight excluding hydrogens is 411 g/mol. The highest BCUT2D eigenvalue weighted by Crippen LogP contribution is 2.33. The van der Waals surface area contributed by atoms with Crippen molar-refractivity contribution in [1.82, 2.24) is 10.2 Å². The number of fused-ring (bicyclic) bond motifs is 6. The SMILES string of the molecule is Cl.Cl.c1ccc2c(c1)ccc1c3c(ccc12)CCCC3.c1ccc2cnncc2c1. The lowest BCUT2D eigenvalue weighted by Gasteiger charge is -2.18. The highest BCUT2D eigenvalue weighted by Gasteiger charge is 2.13. The lowest BCUT2D eigenvalue weighted by Crippen LogP contribution is -2.02. The Kier molecular flexibility index (Phi) is 7.25. The van der Waals surface area contributed by atoms with Crippen molar-refractivity contribution < 1.29 is 0 Å². The summed E-state index contributed by atoms with van der Waals surface area (Å²) in [5.41, 5.74) is 3.17. The molecule has 152 valence electrons. The van der Waals surface area contributed by atoms with E-state index in [4.69, 9.17) is 0 Å². The molecule has 30 heavy (non-hydrogen) atoms. The van der Waals surface area contributed by atoms with Crippen LogP contribution < -0.4 is 0 Å². The van der Waals surface area contributed by atoms with E-state index in [-0.39, 0.29) is 24.8 Å². The second kappa shape index (κ2) is 9.88. The molecule has 2 nitrogen and oxygen atoms in total. The average molecular weight is 435 g/mol. The second-order valence-corrected chi connectivity index (χ2v) is 7.41. The number of aryl methyl sites for hydroxylation is 2. The average Bonchev–Trinajstić information content (AvgIpc) is 2.79. The summed E-state index contributed by atoms with van der Waals surface area (Å²) in [6.07, 6.45) is 8.73. The van der Waals surface area contributed by atoms with Crippen LogP contribution in [0.25, 0.3) is 32.3 Å². The summed E-state index contributed by atoms with van der Waals surface area (Å²) in [6, 6.07) is 26.0. The minimum absolute atomic E-state index is 0. The van der Waals surface area contributed by atoms with Crippen molar-refractivity contribution in [1.29, 1.82) is 0 Å². The van der Waals surface area contributed by atoms with E-state index in [0.29, 0.717) is 0 Å². The third-order valence-corrected chi connectivity index (χ3v) is 5.71. The smallest absolute Gasteiger partial charge is 0.0574 e. The van der Waals surface area contributed by atoms with Gasteiger partial charge in [-0.05, 0) is 58.4 Å². The Labute approximate surface area is 189 Å². The number of halogens is 2. The van der Waals surface area contributed by atoms with Gasteiger partial charge in [-0.15, -0.1) is 24.8 Å². The summed E-state index contributed by atoms with van der Waals surface area (Å²) in [5, 5.41) is 15.4. The topological polar surface area (TPSA) is 25.8 Å². The zero-order valence-corrected chi connectivity index (χ0v) is 18.3. The first-order valence-corrected chi connectivity index (χ1v) is 9.98. The first-order valence-electron chi connectivity index (χ1n) is 9.98. The Bertz CT molecular complexity index is 1220. The van der Waals surface area contributed by atoms with Gasteiger partial charge in [0.25, 0.3) is 0 Å². The zero-order valence-electron chi connectivity index (χ0n) is 16.6. The Morgan fingerprint density at radius 2 is 1.10 bits per heavy atom. The number of aromatic nitrogens is 2. The Morgan fingerprint density at radius 1 is 0.500 bits per heavy atom. The van der Waals surface area contributed by atoms with Gasteiger partial charge < -0.3 is 0 Å². The summed E-state index contributed by atoms with van der Waals surface area (Å²) in [5.74, 6) is 0. The normalized spacial score (nSPS) is 12.3. The fourth-order valence-corrected chi connectivity index (χ4v) is 4.28. The molecule has 0 spiro atoms. The molecule has 0 atom stereocenters. The molecule has 0 aliphatic heterocycles. The predicted octanol–water partition coefficient (Wildman–Crippen LogP) is 7.35. The molecule has 1 aliphatic rings. The van der Waals surface area contributed by atoms with E-state index in [1.807, 2.05) is 24.3 Å². The van der Waals surface area contributed by atoms with Crippen LogP contribution in [-0.2, 0) is 12.8 Å². The molecule has 0 saturated heterocycles. The number of nitrogens with zero attached hydrogens (tertiary/aromatic N) is 2. The van der Waals surface area contributed by atoms with E-state index in [9.17, 15) is 0 Å². The molecule has 5 aromatic rings. The molecule has 4 heteroatoms. The number of hydrogen-bond acceptors (Lipinski definition) is 2. The van der Waals surface area contributed by atoms with Gasteiger partial charge in [0.15, 0.2) is 0 Å². The molecule has 0 amide bonds. The van der Waals surface area contributed by atoms with Crippen molar-refractivity contribution in [3.63, 3.8) is 0 Å². The van der Waals surface area contributed by atoms with Gasteiger partial charge in [-0.2, -0.15) is 10.2 Å². The second-order valence-electron chi connectivity index (χ2n) is 7.41. The van der Waals surface area contributed by atoms with Crippen LogP contribution >= 0.6 is 24.8 Å². The molecule has 0 bridgehead atoms. The molecule has 1 aromatic heterocycles. The Morgan fingerprint density at radius 3 is 1.83 bits per heavy atom. The van der Waals surface area contributed by atoms with E-state index in [1.165, 1.54) is 47.2 Å². The van der Waals surface area contributed by atoms with Crippen LogP contribution in [0.1, 0.15) is 24.0 Å². The Balaban J connectivity index is 0.000000184. The lowest BCUT2D eigenvalue weighted by atomic mass is 9.86. The molecule has 4 aromatic carbocycles. The maximum atomic E-state index is 3.76. The molecule has 0 radical (unpaired) electrons. The molecule has 0 fully saturated rings. The fraction of sp³-hybridized carbons (Fsp3) is 0.154. The summed E-state index contributed by atoms with van der Waals surface area (Å²) in [7, 11) is 0. The molecule has 6 rings (SSSR count). The maximum absolute atomic E-state index is 3.76. The van der Waals surface area contributed by atoms with Crippen LogP contribution in [0.15, 0.2) is 85.2 Å². The Hall–Kier alpha value is -2.68. The number of rotatable bonds is 0. The summed E-state index contributed by atoms with van der Waals surface area (Å²) < 4.78 is 0. The highest BCUT2D eigenvalue weighted by molar-refractivity contribution is 6.08. The molecule has 1 aliphatic carbocycles. The van der Waals surface area contributed by atoms with Crippen LogP contribution in [0.2, 0.25) is 0 Å². The van der Waals surface area contributed by atoms with Crippen molar-refractivity contribution in [2.45, 2.75) is 25.7 Å². The van der Waals surface area contributed by atoms with E-state index >= 15 is 0 Å². The third kappa shape index (κ3) is 4.26. The minimum atomic E-state index is 0. The molecule has 1 heterocycles. The first-order chi connectivity index (χ1) is 13.9.